The summed E-state index contributed by atoms with van der Waals surface area (Å²) in [4.78, 5) is 27.2. The maximum atomic E-state index is 13.5. The number of ether oxygens (including phenoxy) is 2. The van der Waals surface area contributed by atoms with E-state index in [4.69, 9.17) is 13.9 Å². The molecule has 0 radical (unpaired) electrons. The monoisotopic (exact) mass is 552 g/mol. The molecule has 2 atom stereocenters. The molecular weight excluding hydrogens is 516 g/mol. The molecule has 0 spiro atoms. The van der Waals surface area contributed by atoms with E-state index in [1.165, 1.54) is 16.8 Å². The van der Waals surface area contributed by atoms with E-state index >= 15 is 0 Å². The molecule has 1 saturated heterocycles. The van der Waals surface area contributed by atoms with Crippen molar-refractivity contribution in [1.29, 1.82) is 0 Å². The lowest BCUT2D eigenvalue weighted by Crippen LogP contribution is -2.47. The molecule has 2 heterocycles. The number of benzene rings is 2. The molecule has 3 aromatic rings. The summed E-state index contributed by atoms with van der Waals surface area (Å²) in [6, 6.07) is 21.0. The highest BCUT2D eigenvalue weighted by Crippen LogP contribution is 2.42. The van der Waals surface area contributed by atoms with Crippen LogP contribution in [0.1, 0.15) is 39.0 Å². The van der Waals surface area contributed by atoms with E-state index in [1.54, 1.807) is 11.8 Å². The smallest absolute Gasteiger partial charge is 0.335 e. The van der Waals surface area contributed by atoms with Gasteiger partial charge in [0, 0.05) is 29.0 Å². The fourth-order valence-corrected chi connectivity index (χ4v) is 5.89. The van der Waals surface area contributed by atoms with Gasteiger partial charge < -0.3 is 13.9 Å². The summed E-state index contributed by atoms with van der Waals surface area (Å²) in [6.07, 6.45) is 0.971. The van der Waals surface area contributed by atoms with Crippen molar-refractivity contribution >= 4 is 20.1 Å². The van der Waals surface area contributed by atoms with E-state index in [-0.39, 0.29) is 17.9 Å². The maximum Gasteiger partial charge on any atom is 0.335 e. The van der Waals surface area contributed by atoms with Gasteiger partial charge in [-0.1, -0.05) is 81.1 Å². The zero-order chi connectivity index (χ0) is 27.3. The van der Waals surface area contributed by atoms with Crippen molar-refractivity contribution in [3.63, 3.8) is 0 Å². The molecule has 1 aromatic heterocycles. The predicted octanol–water partition coefficient (Wildman–Crippen LogP) is 6.13. The molecule has 4 rings (SSSR count). The fourth-order valence-electron chi connectivity index (χ4n) is 3.85. The Hall–Kier alpha value is -2.85. The first-order chi connectivity index (χ1) is 18.0. The Morgan fingerprint density at radius 1 is 1.03 bits per heavy atom. The highest BCUT2D eigenvalue weighted by molar-refractivity contribution is 8.02. The minimum absolute atomic E-state index is 0.0160. The van der Waals surface area contributed by atoms with Gasteiger partial charge >= 0.3 is 5.69 Å². The van der Waals surface area contributed by atoms with Crippen molar-refractivity contribution < 1.29 is 13.9 Å². The molecule has 0 saturated carbocycles. The summed E-state index contributed by atoms with van der Waals surface area (Å²) < 4.78 is 21.4. The zero-order valence-electron chi connectivity index (χ0n) is 22.6. The Labute approximate surface area is 229 Å². The standard InChI is InChI=1S/C29H36N2O5SSi/c1-29(2,3)38(4,5)36-25-18-23(20-37-24-14-10-7-11-15-24)35-27(25)30-17-16-26(32)31(28(30)33)21-34-19-22-12-8-6-9-13-22/h6-17,20,25,27H,18-19,21H2,1-5H3/b23-20-/t25-,27-/m1/s1. The lowest BCUT2D eigenvalue weighted by atomic mass is 10.2. The molecule has 9 heteroatoms. The highest BCUT2D eigenvalue weighted by Gasteiger charge is 2.44. The quantitative estimate of drug-likeness (QED) is 0.235. The van der Waals surface area contributed by atoms with E-state index in [0.717, 1.165) is 20.8 Å². The molecule has 0 bridgehead atoms. The van der Waals surface area contributed by atoms with Crippen molar-refractivity contribution in [2.45, 2.75) is 75.9 Å². The summed E-state index contributed by atoms with van der Waals surface area (Å²) in [5.74, 6) is 0.748. The van der Waals surface area contributed by atoms with E-state index in [9.17, 15) is 9.59 Å². The number of thioether (sulfide) groups is 1. The first kappa shape index (κ1) is 28.2. The third-order valence-corrected chi connectivity index (χ3v) is 12.4. The first-order valence-electron chi connectivity index (χ1n) is 12.7. The fraction of sp³-hybridized carbons (Fsp3) is 0.379. The van der Waals surface area contributed by atoms with Gasteiger partial charge in [-0.05, 0) is 35.8 Å². The largest absolute Gasteiger partial charge is 0.471 e. The van der Waals surface area contributed by atoms with Crippen molar-refractivity contribution in [2.24, 2.45) is 0 Å². The van der Waals surface area contributed by atoms with Crippen molar-refractivity contribution in [3.05, 3.63) is 110 Å². The molecule has 202 valence electrons. The summed E-state index contributed by atoms with van der Waals surface area (Å²) >= 11 is 1.57. The van der Waals surface area contributed by atoms with Gasteiger partial charge in [0.2, 0.25) is 6.23 Å². The zero-order valence-corrected chi connectivity index (χ0v) is 24.4. The number of aromatic nitrogens is 2. The normalized spacial score (nSPS) is 19.0. The third-order valence-electron chi connectivity index (χ3n) is 7.02. The molecule has 0 amide bonds. The van der Waals surface area contributed by atoms with Crippen LogP contribution in [0, 0.1) is 0 Å². The van der Waals surface area contributed by atoms with Gasteiger partial charge in [-0.15, -0.1) is 0 Å². The van der Waals surface area contributed by atoms with Gasteiger partial charge in [-0.2, -0.15) is 0 Å². The predicted molar refractivity (Wildman–Crippen MR) is 153 cm³/mol. The molecule has 2 aromatic carbocycles. The minimum atomic E-state index is -2.18. The third kappa shape index (κ3) is 6.77. The lowest BCUT2D eigenvalue weighted by Gasteiger charge is -2.39. The van der Waals surface area contributed by atoms with Gasteiger partial charge in [0.1, 0.15) is 18.6 Å². The SMILES string of the molecule is CC(C)(C)[Si](C)(C)O[C@@H]1C/C(=C/Sc2ccccc2)O[C@H]1n1ccc(=O)n(COCc2ccccc2)c1=O. The van der Waals surface area contributed by atoms with Crippen LogP contribution in [0.3, 0.4) is 0 Å². The van der Waals surface area contributed by atoms with Crippen LogP contribution >= 0.6 is 11.8 Å². The summed E-state index contributed by atoms with van der Waals surface area (Å²) in [5.41, 5.74) is 0.0513. The van der Waals surface area contributed by atoms with E-state index in [2.05, 4.69) is 33.9 Å². The molecule has 38 heavy (non-hydrogen) atoms. The molecule has 1 aliphatic rings. The topological polar surface area (TPSA) is 71.7 Å². The van der Waals surface area contributed by atoms with Gasteiger partial charge in [0.05, 0.1) is 6.61 Å². The summed E-state index contributed by atoms with van der Waals surface area (Å²) in [7, 11) is -2.18. The second-order valence-electron chi connectivity index (χ2n) is 10.9. The summed E-state index contributed by atoms with van der Waals surface area (Å²) in [6.45, 7) is 11.1. The van der Waals surface area contributed by atoms with Crippen LogP contribution in [0.15, 0.2) is 98.6 Å². The number of rotatable bonds is 9. The van der Waals surface area contributed by atoms with Crippen LogP contribution in [-0.4, -0.2) is 23.6 Å². The van der Waals surface area contributed by atoms with Gasteiger partial charge in [0.15, 0.2) is 8.32 Å². The second-order valence-corrected chi connectivity index (χ2v) is 16.6. The van der Waals surface area contributed by atoms with Crippen molar-refractivity contribution in [2.75, 3.05) is 0 Å². The average molecular weight is 553 g/mol. The molecule has 0 aliphatic carbocycles. The molecule has 0 unspecified atom stereocenters. The minimum Gasteiger partial charge on any atom is -0.471 e. The van der Waals surface area contributed by atoms with Crippen LogP contribution in [0.25, 0.3) is 0 Å². The number of nitrogens with zero attached hydrogens (tertiary/aromatic N) is 2. The van der Waals surface area contributed by atoms with Crippen LogP contribution < -0.4 is 11.2 Å². The Bertz CT molecular complexity index is 1360. The lowest BCUT2D eigenvalue weighted by molar-refractivity contribution is 0.00615. The maximum absolute atomic E-state index is 13.5. The Kier molecular flexibility index (Phi) is 8.82. The van der Waals surface area contributed by atoms with Gasteiger partial charge in [-0.3, -0.25) is 9.36 Å². The molecule has 1 fully saturated rings. The highest BCUT2D eigenvalue weighted by atomic mass is 32.2. The summed E-state index contributed by atoms with van der Waals surface area (Å²) in [5, 5.41) is 1.96. The molecular formula is C29H36N2O5SSi. The second kappa shape index (κ2) is 11.9. The molecule has 7 nitrogen and oxygen atoms in total. The van der Waals surface area contributed by atoms with Crippen molar-refractivity contribution in [3.8, 4) is 0 Å². The van der Waals surface area contributed by atoms with E-state index in [1.807, 2.05) is 66.1 Å². The average Bonchev–Trinajstić information content (AvgIpc) is 3.27. The van der Waals surface area contributed by atoms with Crippen LogP contribution in [-0.2, 0) is 27.2 Å². The van der Waals surface area contributed by atoms with E-state index < -0.39 is 25.8 Å². The number of hydrogen-bond acceptors (Lipinski definition) is 6. The Morgan fingerprint density at radius 3 is 2.34 bits per heavy atom. The Balaban J connectivity index is 1.60. The van der Waals surface area contributed by atoms with Gasteiger partial charge in [-0.25, -0.2) is 9.36 Å². The molecule has 0 N–H and O–H groups in total. The van der Waals surface area contributed by atoms with Crippen LogP contribution in [0.5, 0.6) is 0 Å². The molecule has 1 aliphatic heterocycles. The number of hydrogen-bond donors (Lipinski definition) is 0. The first-order valence-corrected chi connectivity index (χ1v) is 16.5. The van der Waals surface area contributed by atoms with Gasteiger partial charge in [0.25, 0.3) is 5.56 Å². The van der Waals surface area contributed by atoms with E-state index in [0.29, 0.717) is 13.0 Å². The van der Waals surface area contributed by atoms with Crippen LogP contribution in [0.4, 0.5) is 0 Å². The van der Waals surface area contributed by atoms with Crippen LogP contribution in [0.2, 0.25) is 18.1 Å². The van der Waals surface area contributed by atoms with Crippen molar-refractivity contribution in [1.82, 2.24) is 9.13 Å². The Morgan fingerprint density at radius 2 is 1.68 bits per heavy atom.